The van der Waals surface area contributed by atoms with E-state index in [0.717, 1.165) is 11.1 Å². The summed E-state index contributed by atoms with van der Waals surface area (Å²) in [7, 11) is 1.56. The number of imide groups is 1. The number of urea groups is 1. The van der Waals surface area contributed by atoms with Crippen molar-refractivity contribution in [1.29, 1.82) is 0 Å². The van der Waals surface area contributed by atoms with Gasteiger partial charge in [-0.25, -0.2) is 9.69 Å². The Balaban J connectivity index is 1.76. The van der Waals surface area contributed by atoms with Gasteiger partial charge >= 0.3 is 6.03 Å². The van der Waals surface area contributed by atoms with E-state index in [-0.39, 0.29) is 11.9 Å². The molecule has 4 rings (SSSR count). The van der Waals surface area contributed by atoms with E-state index >= 15 is 0 Å². The van der Waals surface area contributed by atoms with Crippen LogP contribution in [0.3, 0.4) is 0 Å². The minimum atomic E-state index is -0.667. The van der Waals surface area contributed by atoms with E-state index in [9.17, 15) is 9.59 Å². The van der Waals surface area contributed by atoms with E-state index in [2.05, 4.69) is 0 Å². The lowest BCUT2D eigenvalue weighted by Gasteiger charge is -2.22. The van der Waals surface area contributed by atoms with Gasteiger partial charge in [-0.1, -0.05) is 66.7 Å². The summed E-state index contributed by atoms with van der Waals surface area (Å²) in [6.07, 6.45) is 0. The van der Waals surface area contributed by atoms with Crippen molar-refractivity contribution in [3.63, 3.8) is 0 Å². The number of amides is 3. The van der Waals surface area contributed by atoms with E-state index in [1.54, 1.807) is 36.3 Å². The zero-order chi connectivity index (χ0) is 19.5. The van der Waals surface area contributed by atoms with Crippen LogP contribution in [0.1, 0.15) is 17.2 Å². The molecule has 1 heterocycles. The minimum absolute atomic E-state index is 0.264. The van der Waals surface area contributed by atoms with E-state index in [1.165, 1.54) is 4.90 Å². The van der Waals surface area contributed by atoms with Crippen molar-refractivity contribution in [2.24, 2.45) is 0 Å². The Labute approximate surface area is 163 Å². The lowest BCUT2D eigenvalue weighted by molar-refractivity contribution is -0.120. The van der Waals surface area contributed by atoms with Crippen molar-refractivity contribution in [2.75, 3.05) is 12.0 Å². The van der Waals surface area contributed by atoms with Gasteiger partial charge < -0.3 is 9.64 Å². The molecular formula is C23H20N2O3. The fourth-order valence-electron chi connectivity index (χ4n) is 3.47. The fourth-order valence-corrected chi connectivity index (χ4v) is 3.47. The topological polar surface area (TPSA) is 49.9 Å². The average molecular weight is 372 g/mol. The third-order valence-corrected chi connectivity index (χ3v) is 4.83. The molecular weight excluding hydrogens is 352 g/mol. The molecule has 3 aromatic rings. The standard InChI is InChI=1S/C23H20N2O3/c1-28-20-14-8-13-19(15-20)25-22(26)21(18-11-6-3-7-12-18)24(23(25)27)16-17-9-4-2-5-10-17/h2-15,21H,16H2,1H3. The Hall–Kier alpha value is -3.60. The summed E-state index contributed by atoms with van der Waals surface area (Å²) in [5.41, 5.74) is 2.27. The average Bonchev–Trinajstić information content (AvgIpc) is 2.99. The van der Waals surface area contributed by atoms with Crippen molar-refractivity contribution in [3.05, 3.63) is 96.1 Å². The highest BCUT2D eigenvalue weighted by atomic mass is 16.5. The van der Waals surface area contributed by atoms with E-state index < -0.39 is 6.04 Å². The number of anilines is 1. The molecule has 0 bridgehead atoms. The summed E-state index contributed by atoms with van der Waals surface area (Å²) >= 11 is 0. The molecule has 1 atom stereocenters. The second-order valence-corrected chi connectivity index (χ2v) is 6.58. The Bertz CT molecular complexity index is 989. The number of carbonyl (C=O) groups excluding carboxylic acids is 2. The second kappa shape index (κ2) is 7.56. The van der Waals surface area contributed by atoms with Crippen molar-refractivity contribution < 1.29 is 14.3 Å². The monoisotopic (exact) mass is 372 g/mol. The van der Waals surface area contributed by atoms with Gasteiger partial charge in [0.1, 0.15) is 11.8 Å². The number of nitrogens with zero attached hydrogens (tertiary/aromatic N) is 2. The van der Waals surface area contributed by atoms with E-state index in [4.69, 9.17) is 4.74 Å². The lowest BCUT2D eigenvalue weighted by atomic mass is 10.0. The van der Waals surface area contributed by atoms with Crippen LogP contribution in [0.15, 0.2) is 84.9 Å². The molecule has 1 aliphatic heterocycles. The Morgan fingerprint density at radius 1 is 0.857 bits per heavy atom. The highest BCUT2D eigenvalue weighted by Crippen LogP contribution is 2.36. The van der Waals surface area contributed by atoms with Gasteiger partial charge in [-0.3, -0.25) is 4.79 Å². The molecule has 0 radical (unpaired) electrons. The molecule has 0 N–H and O–H groups in total. The number of ether oxygens (including phenoxy) is 1. The van der Waals surface area contributed by atoms with Gasteiger partial charge in [0.25, 0.3) is 5.91 Å². The predicted octanol–water partition coefficient (Wildman–Crippen LogP) is 4.41. The third kappa shape index (κ3) is 3.22. The minimum Gasteiger partial charge on any atom is -0.497 e. The molecule has 0 aromatic heterocycles. The quantitative estimate of drug-likeness (QED) is 0.624. The molecule has 5 nitrogen and oxygen atoms in total. The normalized spacial score (nSPS) is 16.5. The van der Waals surface area contributed by atoms with E-state index in [1.807, 2.05) is 60.7 Å². The summed E-state index contributed by atoms with van der Waals surface area (Å²) < 4.78 is 5.26. The molecule has 1 fully saturated rings. The Kier molecular flexibility index (Phi) is 4.81. The van der Waals surface area contributed by atoms with Crippen LogP contribution >= 0.6 is 0 Å². The first-order chi connectivity index (χ1) is 13.7. The van der Waals surface area contributed by atoms with E-state index in [0.29, 0.717) is 18.0 Å². The first-order valence-electron chi connectivity index (χ1n) is 9.06. The number of hydrogen-bond donors (Lipinski definition) is 0. The summed E-state index contributed by atoms with van der Waals surface area (Å²) in [5, 5.41) is 0. The zero-order valence-corrected chi connectivity index (χ0v) is 15.5. The molecule has 1 aliphatic rings. The van der Waals surface area contributed by atoms with Crippen LogP contribution in [0.5, 0.6) is 5.75 Å². The predicted molar refractivity (Wildman–Crippen MR) is 107 cm³/mol. The summed E-state index contributed by atoms with van der Waals surface area (Å²) in [6, 6.07) is 25.1. The van der Waals surface area contributed by atoms with Crippen LogP contribution in [0.25, 0.3) is 0 Å². The smallest absolute Gasteiger partial charge is 0.332 e. The van der Waals surface area contributed by atoms with Gasteiger partial charge in [0.05, 0.1) is 12.8 Å². The third-order valence-electron chi connectivity index (χ3n) is 4.83. The first kappa shape index (κ1) is 17.8. The van der Waals surface area contributed by atoms with Crippen molar-refractivity contribution in [2.45, 2.75) is 12.6 Å². The molecule has 28 heavy (non-hydrogen) atoms. The number of rotatable bonds is 5. The lowest BCUT2D eigenvalue weighted by Crippen LogP contribution is -2.32. The first-order valence-corrected chi connectivity index (χ1v) is 9.06. The highest BCUT2D eigenvalue weighted by Gasteiger charge is 2.46. The van der Waals surface area contributed by atoms with Crippen LogP contribution in [-0.4, -0.2) is 23.9 Å². The summed E-state index contributed by atoms with van der Waals surface area (Å²) in [5.74, 6) is 0.330. The number of carbonyl (C=O) groups is 2. The largest absolute Gasteiger partial charge is 0.497 e. The van der Waals surface area contributed by atoms with Crippen LogP contribution < -0.4 is 9.64 Å². The number of hydrogen-bond acceptors (Lipinski definition) is 3. The molecule has 0 aliphatic carbocycles. The van der Waals surface area contributed by atoms with Crippen LogP contribution in [0.4, 0.5) is 10.5 Å². The van der Waals surface area contributed by atoms with Crippen molar-refractivity contribution in [3.8, 4) is 5.75 Å². The van der Waals surface area contributed by atoms with Gasteiger partial charge in [-0.15, -0.1) is 0 Å². The Morgan fingerprint density at radius 3 is 2.21 bits per heavy atom. The van der Waals surface area contributed by atoms with Gasteiger partial charge in [-0.2, -0.15) is 0 Å². The van der Waals surface area contributed by atoms with Gasteiger partial charge in [-0.05, 0) is 23.3 Å². The van der Waals surface area contributed by atoms with Crippen molar-refractivity contribution >= 4 is 17.6 Å². The molecule has 1 unspecified atom stereocenters. The molecule has 0 saturated carbocycles. The second-order valence-electron chi connectivity index (χ2n) is 6.58. The van der Waals surface area contributed by atoms with Crippen LogP contribution in [0, 0.1) is 0 Å². The van der Waals surface area contributed by atoms with Gasteiger partial charge in [0.2, 0.25) is 0 Å². The van der Waals surface area contributed by atoms with Crippen molar-refractivity contribution in [1.82, 2.24) is 4.90 Å². The molecule has 1 saturated heterocycles. The molecule has 3 amide bonds. The SMILES string of the molecule is COc1cccc(N2C(=O)C(c3ccccc3)N(Cc3ccccc3)C2=O)c1. The molecule has 3 aromatic carbocycles. The molecule has 5 heteroatoms. The maximum absolute atomic E-state index is 13.3. The molecule has 0 spiro atoms. The van der Waals surface area contributed by atoms with Gasteiger partial charge in [0, 0.05) is 12.6 Å². The number of methoxy groups -OCH3 is 1. The van der Waals surface area contributed by atoms with Gasteiger partial charge in [0.15, 0.2) is 0 Å². The maximum atomic E-state index is 13.3. The summed E-state index contributed by atoms with van der Waals surface area (Å²) in [4.78, 5) is 29.5. The zero-order valence-electron chi connectivity index (χ0n) is 15.5. The fraction of sp³-hybridized carbons (Fsp3) is 0.130. The Morgan fingerprint density at radius 2 is 1.54 bits per heavy atom. The summed E-state index contributed by atoms with van der Waals surface area (Å²) in [6.45, 7) is 0.353. The van der Waals surface area contributed by atoms with Crippen LogP contribution in [0.2, 0.25) is 0 Å². The number of benzene rings is 3. The molecule has 140 valence electrons. The maximum Gasteiger partial charge on any atom is 0.332 e. The van der Waals surface area contributed by atoms with Crippen LogP contribution in [-0.2, 0) is 11.3 Å². The highest BCUT2D eigenvalue weighted by molar-refractivity contribution is 6.21.